The van der Waals surface area contributed by atoms with E-state index in [0.29, 0.717) is 16.3 Å². The third-order valence-corrected chi connectivity index (χ3v) is 3.84. The minimum absolute atomic E-state index is 0.242. The SMILES string of the molecule is COC(=O)c1ccc2c(-c3ccc(Cl)cc3)ccc(OC)c2n1. The second kappa shape index (κ2) is 6.26. The Hall–Kier alpha value is -2.59. The second-order valence-corrected chi connectivity index (χ2v) is 5.34. The zero-order valence-corrected chi connectivity index (χ0v) is 13.4. The number of halogens is 1. The molecule has 1 aromatic heterocycles. The van der Waals surface area contributed by atoms with Crippen LogP contribution in [0.25, 0.3) is 22.0 Å². The number of aromatic nitrogens is 1. The van der Waals surface area contributed by atoms with E-state index >= 15 is 0 Å². The van der Waals surface area contributed by atoms with Gasteiger partial charge in [0.1, 0.15) is 17.0 Å². The smallest absolute Gasteiger partial charge is 0.356 e. The Morgan fingerprint density at radius 3 is 2.39 bits per heavy atom. The zero-order chi connectivity index (χ0) is 16.4. The summed E-state index contributed by atoms with van der Waals surface area (Å²) in [6.45, 7) is 0. The lowest BCUT2D eigenvalue weighted by atomic mass is 10.00. The fourth-order valence-electron chi connectivity index (χ4n) is 2.46. The van der Waals surface area contributed by atoms with Crippen molar-refractivity contribution in [1.82, 2.24) is 4.98 Å². The summed E-state index contributed by atoms with van der Waals surface area (Å²) in [5, 5.41) is 1.57. The number of carbonyl (C=O) groups excluding carboxylic acids is 1. The molecule has 3 rings (SSSR count). The molecule has 0 spiro atoms. The van der Waals surface area contributed by atoms with Crippen molar-refractivity contribution in [2.45, 2.75) is 0 Å². The molecule has 0 bridgehead atoms. The van der Waals surface area contributed by atoms with Gasteiger partial charge in [-0.15, -0.1) is 0 Å². The number of ether oxygens (including phenoxy) is 2. The molecule has 0 atom stereocenters. The summed E-state index contributed by atoms with van der Waals surface area (Å²) in [4.78, 5) is 16.1. The highest BCUT2D eigenvalue weighted by atomic mass is 35.5. The van der Waals surface area contributed by atoms with Crippen LogP contribution in [0.15, 0.2) is 48.5 Å². The standard InChI is InChI=1S/C18H14ClNO3/c1-22-16-10-8-13(11-3-5-12(19)6-4-11)14-7-9-15(18(21)23-2)20-17(14)16/h3-10H,1-2H3. The van der Waals surface area contributed by atoms with Crippen LogP contribution in [0.3, 0.4) is 0 Å². The number of benzene rings is 2. The topological polar surface area (TPSA) is 48.4 Å². The molecule has 0 fully saturated rings. The van der Waals surface area contributed by atoms with Gasteiger partial charge >= 0.3 is 5.97 Å². The summed E-state index contributed by atoms with van der Waals surface area (Å²) >= 11 is 5.95. The molecule has 0 aliphatic carbocycles. The largest absolute Gasteiger partial charge is 0.494 e. The number of pyridine rings is 1. The summed E-state index contributed by atoms with van der Waals surface area (Å²) in [7, 11) is 2.90. The van der Waals surface area contributed by atoms with E-state index in [1.165, 1.54) is 7.11 Å². The van der Waals surface area contributed by atoms with Gasteiger partial charge in [-0.1, -0.05) is 23.7 Å². The van der Waals surface area contributed by atoms with Crippen LogP contribution < -0.4 is 4.74 Å². The van der Waals surface area contributed by atoms with Crippen LogP contribution in [-0.2, 0) is 4.74 Å². The van der Waals surface area contributed by atoms with Crippen LogP contribution in [0.1, 0.15) is 10.5 Å². The lowest BCUT2D eigenvalue weighted by Crippen LogP contribution is -2.04. The Labute approximate surface area is 138 Å². The average Bonchev–Trinajstić information content (AvgIpc) is 2.60. The van der Waals surface area contributed by atoms with Gasteiger partial charge in [0, 0.05) is 10.4 Å². The Kier molecular flexibility index (Phi) is 4.17. The van der Waals surface area contributed by atoms with Gasteiger partial charge in [0.25, 0.3) is 0 Å². The third kappa shape index (κ3) is 2.85. The van der Waals surface area contributed by atoms with Crippen LogP contribution >= 0.6 is 11.6 Å². The molecule has 0 saturated carbocycles. The summed E-state index contributed by atoms with van der Waals surface area (Å²) in [6.07, 6.45) is 0. The minimum Gasteiger partial charge on any atom is -0.494 e. The van der Waals surface area contributed by atoms with Gasteiger partial charge in [-0.2, -0.15) is 0 Å². The molecule has 1 heterocycles. The highest BCUT2D eigenvalue weighted by Gasteiger charge is 2.14. The summed E-state index contributed by atoms with van der Waals surface area (Å²) < 4.78 is 10.1. The van der Waals surface area contributed by atoms with E-state index in [4.69, 9.17) is 21.1 Å². The molecular weight excluding hydrogens is 314 g/mol. The Balaban J connectivity index is 2.24. The molecule has 0 N–H and O–H groups in total. The number of hydrogen-bond donors (Lipinski definition) is 0. The van der Waals surface area contributed by atoms with E-state index in [0.717, 1.165) is 16.5 Å². The van der Waals surface area contributed by atoms with Crippen LogP contribution in [0.4, 0.5) is 0 Å². The Bertz CT molecular complexity index is 875. The molecule has 0 radical (unpaired) electrons. The number of hydrogen-bond acceptors (Lipinski definition) is 4. The van der Waals surface area contributed by atoms with Gasteiger partial charge in [-0.05, 0) is 47.5 Å². The van der Waals surface area contributed by atoms with Crippen LogP contribution in [0.5, 0.6) is 5.75 Å². The van der Waals surface area contributed by atoms with Crippen LogP contribution in [0.2, 0.25) is 5.02 Å². The number of methoxy groups -OCH3 is 2. The van der Waals surface area contributed by atoms with Gasteiger partial charge in [0.05, 0.1) is 14.2 Å². The molecular formula is C18H14ClNO3. The van der Waals surface area contributed by atoms with Crippen molar-refractivity contribution in [3.63, 3.8) is 0 Å². The number of carbonyl (C=O) groups is 1. The molecule has 5 heteroatoms. The number of fused-ring (bicyclic) bond motifs is 1. The van der Waals surface area contributed by atoms with Crippen LogP contribution in [0, 0.1) is 0 Å². The van der Waals surface area contributed by atoms with Gasteiger partial charge in [-0.3, -0.25) is 0 Å². The first-order chi connectivity index (χ1) is 11.1. The fraction of sp³-hybridized carbons (Fsp3) is 0.111. The molecule has 4 nitrogen and oxygen atoms in total. The van der Waals surface area contributed by atoms with Crippen molar-refractivity contribution >= 4 is 28.5 Å². The van der Waals surface area contributed by atoms with Gasteiger partial charge in [-0.25, -0.2) is 9.78 Å². The molecule has 0 aliphatic rings. The van der Waals surface area contributed by atoms with E-state index in [2.05, 4.69) is 4.98 Å². The first kappa shape index (κ1) is 15.3. The van der Waals surface area contributed by atoms with Crippen molar-refractivity contribution in [2.75, 3.05) is 14.2 Å². The maximum atomic E-state index is 11.7. The van der Waals surface area contributed by atoms with Crippen LogP contribution in [-0.4, -0.2) is 25.2 Å². The number of nitrogens with zero attached hydrogens (tertiary/aromatic N) is 1. The third-order valence-electron chi connectivity index (χ3n) is 3.59. The Morgan fingerprint density at radius 2 is 1.74 bits per heavy atom. The Morgan fingerprint density at radius 1 is 1.00 bits per heavy atom. The average molecular weight is 328 g/mol. The van der Waals surface area contributed by atoms with E-state index in [1.807, 2.05) is 42.5 Å². The predicted octanol–water partition coefficient (Wildman–Crippen LogP) is 4.35. The van der Waals surface area contributed by atoms with Crippen molar-refractivity contribution < 1.29 is 14.3 Å². The second-order valence-electron chi connectivity index (χ2n) is 4.91. The van der Waals surface area contributed by atoms with Crippen molar-refractivity contribution in [1.29, 1.82) is 0 Å². The highest BCUT2D eigenvalue weighted by molar-refractivity contribution is 6.30. The predicted molar refractivity (Wildman–Crippen MR) is 90.1 cm³/mol. The highest BCUT2D eigenvalue weighted by Crippen LogP contribution is 2.34. The number of esters is 1. The van der Waals surface area contributed by atoms with E-state index in [1.54, 1.807) is 13.2 Å². The lowest BCUT2D eigenvalue weighted by Gasteiger charge is -2.11. The fourth-order valence-corrected chi connectivity index (χ4v) is 2.58. The zero-order valence-electron chi connectivity index (χ0n) is 12.7. The summed E-state index contributed by atoms with van der Waals surface area (Å²) in [5.74, 6) is 0.120. The normalized spacial score (nSPS) is 10.6. The molecule has 0 saturated heterocycles. The molecule has 2 aromatic carbocycles. The molecule has 116 valence electrons. The molecule has 23 heavy (non-hydrogen) atoms. The number of rotatable bonds is 3. The quantitative estimate of drug-likeness (QED) is 0.671. The van der Waals surface area contributed by atoms with E-state index in [-0.39, 0.29) is 5.69 Å². The van der Waals surface area contributed by atoms with E-state index < -0.39 is 5.97 Å². The molecule has 0 unspecified atom stereocenters. The lowest BCUT2D eigenvalue weighted by molar-refractivity contribution is 0.0594. The van der Waals surface area contributed by atoms with Gasteiger partial charge < -0.3 is 9.47 Å². The molecule has 0 amide bonds. The molecule has 3 aromatic rings. The first-order valence-corrected chi connectivity index (χ1v) is 7.34. The van der Waals surface area contributed by atoms with Crippen molar-refractivity contribution in [2.24, 2.45) is 0 Å². The van der Waals surface area contributed by atoms with Crippen molar-refractivity contribution in [3.8, 4) is 16.9 Å². The monoisotopic (exact) mass is 327 g/mol. The van der Waals surface area contributed by atoms with Gasteiger partial charge in [0.2, 0.25) is 0 Å². The maximum Gasteiger partial charge on any atom is 0.356 e. The van der Waals surface area contributed by atoms with E-state index in [9.17, 15) is 4.79 Å². The van der Waals surface area contributed by atoms with Crippen molar-refractivity contribution in [3.05, 3.63) is 59.2 Å². The summed E-state index contributed by atoms with van der Waals surface area (Å²) in [5.41, 5.74) is 2.85. The minimum atomic E-state index is -0.481. The molecule has 0 aliphatic heterocycles. The van der Waals surface area contributed by atoms with Gasteiger partial charge in [0.15, 0.2) is 0 Å². The maximum absolute atomic E-state index is 11.7. The summed E-state index contributed by atoms with van der Waals surface area (Å²) in [6, 6.07) is 14.8. The first-order valence-electron chi connectivity index (χ1n) is 6.96.